The molecule has 0 spiro atoms. The fourth-order valence-electron chi connectivity index (χ4n) is 1.52. The molecule has 0 amide bonds. The number of halogens is 1. The number of hydrogen-bond acceptors (Lipinski definition) is 2. The summed E-state index contributed by atoms with van der Waals surface area (Å²) in [5, 5.41) is 9.72. The van der Waals surface area contributed by atoms with Crippen LogP contribution < -0.4 is 0 Å². The molecule has 1 saturated carbocycles. The Balaban J connectivity index is 2.14. The van der Waals surface area contributed by atoms with Crippen molar-refractivity contribution in [1.29, 1.82) is 0 Å². The summed E-state index contributed by atoms with van der Waals surface area (Å²) in [5.74, 6) is 0. The van der Waals surface area contributed by atoms with Gasteiger partial charge in [-0.25, -0.2) is 4.98 Å². The molecule has 2 rings (SSSR count). The smallest absolute Gasteiger partial charge is 0.132 e. The largest absolute Gasteiger partial charge is 0.396 e. The van der Waals surface area contributed by atoms with Crippen LogP contribution in [0.1, 0.15) is 18.4 Å². The molecule has 0 atom stereocenters. The summed E-state index contributed by atoms with van der Waals surface area (Å²) in [7, 11) is 0. The van der Waals surface area contributed by atoms with Gasteiger partial charge in [0.05, 0.1) is 0 Å². The summed E-state index contributed by atoms with van der Waals surface area (Å²) < 4.78 is 0. The number of pyridine rings is 1. The highest BCUT2D eigenvalue weighted by Gasteiger charge is 2.42. The second-order valence-electron chi connectivity index (χ2n) is 3.79. The molecule has 2 nitrogen and oxygen atoms in total. The molecule has 3 heteroatoms. The van der Waals surface area contributed by atoms with Gasteiger partial charge < -0.3 is 5.11 Å². The third-order valence-electron chi connectivity index (χ3n) is 2.69. The Morgan fingerprint density at radius 2 is 2.31 bits per heavy atom. The molecule has 1 N–H and O–H groups in total. The molecule has 0 bridgehead atoms. The number of aliphatic hydroxyl groups excluding tert-OH is 1. The summed E-state index contributed by atoms with van der Waals surface area (Å²) in [5.41, 5.74) is 1.17. The third-order valence-corrected chi connectivity index (χ3v) is 3.03. The van der Waals surface area contributed by atoms with Crippen molar-refractivity contribution in [2.45, 2.75) is 19.3 Å². The molecule has 1 fully saturated rings. The topological polar surface area (TPSA) is 33.1 Å². The van der Waals surface area contributed by atoms with E-state index in [4.69, 9.17) is 16.7 Å². The average molecular weight is 198 g/mol. The Morgan fingerprint density at radius 1 is 1.54 bits per heavy atom. The maximum atomic E-state index is 9.15. The maximum absolute atomic E-state index is 9.15. The predicted molar refractivity (Wildman–Crippen MR) is 51.7 cm³/mol. The van der Waals surface area contributed by atoms with Gasteiger partial charge in [0.15, 0.2) is 0 Å². The molecular weight excluding hydrogens is 186 g/mol. The van der Waals surface area contributed by atoms with Gasteiger partial charge in [0.1, 0.15) is 5.15 Å². The van der Waals surface area contributed by atoms with Gasteiger partial charge >= 0.3 is 0 Å². The first-order valence-corrected chi connectivity index (χ1v) is 4.84. The van der Waals surface area contributed by atoms with Crippen LogP contribution in [0.5, 0.6) is 0 Å². The van der Waals surface area contributed by atoms with E-state index in [-0.39, 0.29) is 12.0 Å². The molecule has 0 aliphatic heterocycles. The van der Waals surface area contributed by atoms with E-state index in [0.29, 0.717) is 5.15 Å². The van der Waals surface area contributed by atoms with Gasteiger partial charge in [0.25, 0.3) is 0 Å². The first kappa shape index (κ1) is 8.97. The van der Waals surface area contributed by atoms with E-state index in [1.54, 1.807) is 6.20 Å². The molecule has 0 unspecified atom stereocenters. The number of aromatic nitrogens is 1. The molecular formula is C10H12ClNO. The molecule has 1 aromatic heterocycles. The molecule has 0 radical (unpaired) electrons. The van der Waals surface area contributed by atoms with Gasteiger partial charge in [-0.3, -0.25) is 0 Å². The Hall–Kier alpha value is -0.600. The summed E-state index contributed by atoms with van der Waals surface area (Å²) in [6, 6.07) is 3.86. The van der Waals surface area contributed by atoms with Crippen LogP contribution in [0, 0.1) is 5.41 Å². The first-order valence-electron chi connectivity index (χ1n) is 4.46. The zero-order chi connectivity index (χ0) is 9.31. The average Bonchev–Trinajstić information content (AvgIpc) is 2.90. The Labute approximate surface area is 82.6 Å². The maximum Gasteiger partial charge on any atom is 0.132 e. The molecule has 0 aromatic carbocycles. The molecule has 1 heterocycles. The summed E-state index contributed by atoms with van der Waals surface area (Å²) in [4.78, 5) is 4.01. The van der Waals surface area contributed by atoms with Crippen molar-refractivity contribution in [2.75, 3.05) is 6.61 Å². The van der Waals surface area contributed by atoms with E-state index in [0.717, 1.165) is 24.8 Å². The van der Waals surface area contributed by atoms with Crippen molar-refractivity contribution >= 4 is 11.6 Å². The van der Waals surface area contributed by atoms with Crippen molar-refractivity contribution < 1.29 is 5.11 Å². The zero-order valence-electron chi connectivity index (χ0n) is 7.33. The van der Waals surface area contributed by atoms with Gasteiger partial charge in [-0.1, -0.05) is 17.7 Å². The standard InChI is InChI=1S/C10H12ClNO/c11-9-8(2-1-5-12-9)6-10(7-13)3-4-10/h1-2,5,13H,3-4,6-7H2. The van der Waals surface area contributed by atoms with E-state index in [1.807, 2.05) is 12.1 Å². The van der Waals surface area contributed by atoms with E-state index in [9.17, 15) is 0 Å². The lowest BCUT2D eigenvalue weighted by Gasteiger charge is -2.11. The number of hydrogen-bond donors (Lipinski definition) is 1. The quantitative estimate of drug-likeness (QED) is 0.753. The second-order valence-corrected chi connectivity index (χ2v) is 4.15. The van der Waals surface area contributed by atoms with Crippen LogP contribution in [0.4, 0.5) is 0 Å². The normalized spacial score (nSPS) is 18.6. The van der Waals surface area contributed by atoms with Crippen molar-refractivity contribution in [1.82, 2.24) is 4.98 Å². The molecule has 70 valence electrons. The van der Waals surface area contributed by atoms with Gasteiger partial charge in [0, 0.05) is 12.8 Å². The van der Waals surface area contributed by atoms with Crippen LogP contribution in [0.2, 0.25) is 5.15 Å². The molecule has 1 aromatic rings. The minimum Gasteiger partial charge on any atom is -0.396 e. The minimum atomic E-state index is 0.118. The third kappa shape index (κ3) is 1.84. The second kappa shape index (κ2) is 3.28. The zero-order valence-corrected chi connectivity index (χ0v) is 8.09. The summed E-state index contributed by atoms with van der Waals surface area (Å²) in [6.45, 7) is 0.262. The van der Waals surface area contributed by atoms with E-state index in [2.05, 4.69) is 4.98 Å². The Kier molecular flexibility index (Phi) is 2.26. The lowest BCUT2D eigenvalue weighted by molar-refractivity contribution is 0.211. The van der Waals surface area contributed by atoms with Crippen molar-refractivity contribution in [3.63, 3.8) is 0 Å². The van der Waals surface area contributed by atoms with Crippen LogP contribution in [0.15, 0.2) is 18.3 Å². The van der Waals surface area contributed by atoms with E-state index >= 15 is 0 Å². The van der Waals surface area contributed by atoms with Crippen LogP contribution in [-0.2, 0) is 6.42 Å². The van der Waals surface area contributed by atoms with Crippen molar-refractivity contribution in [3.8, 4) is 0 Å². The summed E-state index contributed by atoms with van der Waals surface area (Å²) >= 11 is 5.92. The number of rotatable bonds is 3. The molecule has 0 saturated heterocycles. The highest BCUT2D eigenvalue weighted by molar-refractivity contribution is 6.30. The van der Waals surface area contributed by atoms with Gasteiger partial charge in [-0.15, -0.1) is 0 Å². The lowest BCUT2D eigenvalue weighted by atomic mass is 9.99. The minimum absolute atomic E-state index is 0.118. The van der Waals surface area contributed by atoms with Crippen LogP contribution >= 0.6 is 11.6 Å². The molecule has 1 aliphatic carbocycles. The summed E-state index contributed by atoms with van der Waals surface area (Å²) in [6.07, 6.45) is 4.75. The lowest BCUT2D eigenvalue weighted by Crippen LogP contribution is -2.10. The Bertz CT molecular complexity index is 310. The molecule has 1 aliphatic rings. The first-order chi connectivity index (χ1) is 6.26. The Morgan fingerprint density at radius 3 is 2.85 bits per heavy atom. The SMILES string of the molecule is OCC1(Cc2cccnc2Cl)CC1. The fraction of sp³-hybridized carbons (Fsp3) is 0.500. The van der Waals surface area contributed by atoms with Crippen molar-refractivity contribution in [2.24, 2.45) is 5.41 Å². The van der Waals surface area contributed by atoms with Gasteiger partial charge in [-0.2, -0.15) is 0 Å². The highest BCUT2D eigenvalue weighted by atomic mass is 35.5. The monoisotopic (exact) mass is 197 g/mol. The molecule has 13 heavy (non-hydrogen) atoms. The van der Waals surface area contributed by atoms with Crippen LogP contribution in [-0.4, -0.2) is 16.7 Å². The van der Waals surface area contributed by atoms with Crippen LogP contribution in [0.25, 0.3) is 0 Å². The predicted octanol–water partition coefficient (Wildman–Crippen LogP) is 2.05. The van der Waals surface area contributed by atoms with Crippen molar-refractivity contribution in [3.05, 3.63) is 29.0 Å². The highest BCUT2D eigenvalue weighted by Crippen LogP contribution is 2.48. The van der Waals surface area contributed by atoms with Crippen LogP contribution in [0.3, 0.4) is 0 Å². The van der Waals surface area contributed by atoms with E-state index in [1.165, 1.54) is 0 Å². The number of aliphatic hydroxyl groups is 1. The van der Waals surface area contributed by atoms with Gasteiger partial charge in [-0.05, 0) is 36.3 Å². The van der Waals surface area contributed by atoms with E-state index < -0.39 is 0 Å². The number of nitrogens with zero attached hydrogens (tertiary/aromatic N) is 1. The van der Waals surface area contributed by atoms with Gasteiger partial charge in [0.2, 0.25) is 0 Å². The fourth-order valence-corrected chi connectivity index (χ4v) is 1.71.